The summed E-state index contributed by atoms with van der Waals surface area (Å²) in [5, 5.41) is 0. The van der Waals surface area contributed by atoms with Crippen LogP contribution >= 0.6 is 15.9 Å². The van der Waals surface area contributed by atoms with Gasteiger partial charge in [-0.2, -0.15) is 0 Å². The van der Waals surface area contributed by atoms with Crippen LogP contribution in [0.1, 0.15) is 0 Å². The molecule has 0 atom stereocenters. The average Bonchev–Trinajstić information content (AvgIpc) is 2.98. The summed E-state index contributed by atoms with van der Waals surface area (Å²) >= 11 is 3.52. The number of methoxy groups -OCH3 is 3. The molecule has 0 spiro atoms. The van der Waals surface area contributed by atoms with Crippen molar-refractivity contribution in [2.75, 3.05) is 21.3 Å². The molecule has 3 aromatic rings. The molecule has 1 aromatic heterocycles. The highest BCUT2D eigenvalue weighted by Crippen LogP contribution is 2.34. The van der Waals surface area contributed by atoms with E-state index in [0.29, 0.717) is 11.5 Å². The van der Waals surface area contributed by atoms with Crippen LogP contribution in [0.3, 0.4) is 0 Å². The van der Waals surface area contributed by atoms with E-state index in [1.54, 1.807) is 21.3 Å². The van der Waals surface area contributed by atoms with Crippen LogP contribution in [0.4, 0.5) is 0 Å². The number of nitrogens with zero attached hydrogens (tertiary/aromatic N) is 1. The van der Waals surface area contributed by atoms with Crippen LogP contribution in [0.25, 0.3) is 22.4 Å². The summed E-state index contributed by atoms with van der Waals surface area (Å²) < 4.78 is 16.7. The zero-order chi connectivity index (χ0) is 15.7. The van der Waals surface area contributed by atoms with Crippen LogP contribution < -0.4 is 14.2 Å². The first-order valence-corrected chi connectivity index (χ1v) is 7.41. The zero-order valence-electron chi connectivity index (χ0n) is 12.4. The van der Waals surface area contributed by atoms with Crippen molar-refractivity contribution in [1.82, 2.24) is 9.97 Å². The molecule has 5 nitrogen and oxygen atoms in total. The van der Waals surface area contributed by atoms with Crippen molar-refractivity contribution in [1.29, 1.82) is 0 Å². The van der Waals surface area contributed by atoms with Crippen LogP contribution in [0, 0.1) is 0 Å². The van der Waals surface area contributed by atoms with E-state index in [2.05, 4.69) is 25.9 Å². The molecule has 0 aliphatic carbocycles. The summed E-state index contributed by atoms with van der Waals surface area (Å²) in [5.41, 5.74) is 2.67. The van der Waals surface area contributed by atoms with Crippen molar-refractivity contribution in [2.45, 2.75) is 0 Å². The van der Waals surface area contributed by atoms with E-state index in [1.807, 2.05) is 30.3 Å². The van der Waals surface area contributed by atoms with Gasteiger partial charge in [0.1, 0.15) is 17.1 Å². The predicted molar refractivity (Wildman–Crippen MR) is 88.9 cm³/mol. The fraction of sp³-hybridized carbons (Fsp3) is 0.188. The molecule has 1 heterocycles. The van der Waals surface area contributed by atoms with Crippen LogP contribution in [-0.2, 0) is 0 Å². The van der Waals surface area contributed by atoms with Crippen LogP contribution in [-0.4, -0.2) is 31.3 Å². The lowest BCUT2D eigenvalue weighted by molar-refractivity contribution is 0.355. The Kier molecular flexibility index (Phi) is 3.94. The minimum atomic E-state index is 0.664. The minimum absolute atomic E-state index is 0.664. The number of H-pyrrole nitrogens is 1. The highest BCUT2D eigenvalue weighted by molar-refractivity contribution is 9.10. The standard InChI is InChI=1S/C16H15BrN2O3/c1-20-10-7-11(17)15-12(8-10)18-16(19-15)9-4-5-13(21-2)14(6-9)22-3/h4-8H,1-3H3,(H,18,19). The topological polar surface area (TPSA) is 56.4 Å². The van der Waals surface area contributed by atoms with Gasteiger partial charge in [0, 0.05) is 16.1 Å². The number of hydrogen-bond donors (Lipinski definition) is 1. The third kappa shape index (κ3) is 2.50. The maximum Gasteiger partial charge on any atom is 0.161 e. The van der Waals surface area contributed by atoms with E-state index in [-0.39, 0.29) is 0 Å². The number of nitrogens with one attached hydrogen (secondary N) is 1. The Balaban J connectivity index is 2.12. The third-order valence-corrected chi connectivity index (χ3v) is 4.01. The molecule has 0 aliphatic rings. The molecule has 0 fully saturated rings. The van der Waals surface area contributed by atoms with Crippen molar-refractivity contribution in [3.05, 3.63) is 34.8 Å². The van der Waals surface area contributed by atoms with E-state index in [9.17, 15) is 0 Å². The second-order valence-electron chi connectivity index (χ2n) is 4.66. The lowest BCUT2D eigenvalue weighted by atomic mass is 10.2. The molecule has 0 radical (unpaired) electrons. The summed E-state index contributed by atoms with van der Waals surface area (Å²) in [6.45, 7) is 0. The van der Waals surface area contributed by atoms with Crippen molar-refractivity contribution in [2.24, 2.45) is 0 Å². The Hall–Kier alpha value is -2.21. The van der Waals surface area contributed by atoms with Gasteiger partial charge in [-0.25, -0.2) is 4.98 Å². The molecular weight excluding hydrogens is 348 g/mol. The number of benzene rings is 2. The second-order valence-corrected chi connectivity index (χ2v) is 5.51. The molecule has 0 unspecified atom stereocenters. The first kappa shape index (κ1) is 14.7. The molecule has 0 aliphatic heterocycles. The highest BCUT2D eigenvalue weighted by Gasteiger charge is 2.12. The summed E-state index contributed by atoms with van der Waals surface area (Å²) in [6.07, 6.45) is 0. The summed E-state index contributed by atoms with van der Waals surface area (Å²) in [5.74, 6) is 2.87. The van der Waals surface area contributed by atoms with Crippen LogP contribution in [0.15, 0.2) is 34.8 Å². The van der Waals surface area contributed by atoms with E-state index in [4.69, 9.17) is 14.2 Å². The normalized spacial score (nSPS) is 10.7. The van der Waals surface area contributed by atoms with Crippen LogP contribution in [0.5, 0.6) is 17.2 Å². The third-order valence-electron chi connectivity index (χ3n) is 3.41. The van der Waals surface area contributed by atoms with Gasteiger partial charge in [-0.05, 0) is 40.2 Å². The van der Waals surface area contributed by atoms with Gasteiger partial charge in [-0.15, -0.1) is 0 Å². The number of halogens is 1. The van der Waals surface area contributed by atoms with E-state index < -0.39 is 0 Å². The quantitative estimate of drug-likeness (QED) is 0.761. The minimum Gasteiger partial charge on any atom is -0.497 e. The molecule has 3 rings (SSSR count). The van der Waals surface area contributed by atoms with Gasteiger partial charge < -0.3 is 19.2 Å². The van der Waals surface area contributed by atoms with Gasteiger partial charge in [0.05, 0.1) is 26.8 Å². The fourth-order valence-corrected chi connectivity index (χ4v) is 2.82. The smallest absolute Gasteiger partial charge is 0.161 e. The highest BCUT2D eigenvalue weighted by atomic mass is 79.9. The largest absolute Gasteiger partial charge is 0.497 e. The van der Waals surface area contributed by atoms with Gasteiger partial charge in [0.25, 0.3) is 0 Å². The molecule has 114 valence electrons. The molecule has 0 amide bonds. The molecular formula is C16H15BrN2O3. The molecule has 6 heteroatoms. The molecule has 1 N–H and O–H groups in total. The Bertz CT molecular complexity index is 830. The summed E-state index contributed by atoms with van der Waals surface area (Å²) in [4.78, 5) is 7.93. The Labute approximate surface area is 136 Å². The summed E-state index contributed by atoms with van der Waals surface area (Å²) in [7, 11) is 4.86. The number of rotatable bonds is 4. The Morgan fingerprint density at radius 2 is 1.73 bits per heavy atom. The Morgan fingerprint density at radius 3 is 2.41 bits per heavy atom. The van der Waals surface area contributed by atoms with Crippen molar-refractivity contribution < 1.29 is 14.2 Å². The summed E-state index contributed by atoms with van der Waals surface area (Å²) in [6, 6.07) is 9.49. The lowest BCUT2D eigenvalue weighted by Gasteiger charge is -2.08. The number of aromatic amines is 1. The van der Waals surface area contributed by atoms with Crippen molar-refractivity contribution >= 4 is 27.0 Å². The fourth-order valence-electron chi connectivity index (χ4n) is 2.29. The molecule has 0 saturated heterocycles. The first-order chi connectivity index (χ1) is 10.7. The first-order valence-electron chi connectivity index (χ1n) is 6.62. The number of fused-ring (bicyclic) bond motifs is 1. The lowest BCUT2D eigenvalue weighted by Crippen LogP contribution is -1.91. The van der Waals surface area contributed by atoms with Gasteiger partial charge in [0.15, 0.2) is 11.5 Å². The Morgan fingerprint density at radius 1 is 0.955 bits per heavy atom. The van der Waals surface area contributed by atoms with E-state index in [0.717, 1.165) is 32.6 Å². The number of aromatic nitrogens is 2. The number of ether oxygens (including phenoxy) is 3. The van der Waals surface area contributed by atoms with Crippen molar-refractivity contribution in [3.8, 4) is 28.6 Å². The molecule has 0 saturated carbocycles. The second kappa shape index (κ2) is 5.88. The SMILES string of the molecule is COc1cc(Br)c2nc(-c3ccc(OC)c(OC)c3)[nH]c2c1. The van der Waals surface area contributed by atoms with E-state index >= 15 is 0 Å². The van der Waals surface area contributed by atoms with Gasteiger partial charge in [-0.3, -0.25) is 0 Å². The monoisotopic (exact) mass is 362 g/mol. The number of imidazole rings is 1. The maximum absolute atomic E-state index is 5.34. The maximum atomic E-state index is 5.34. The van der Waals surface area contributed by atoms with Gasteiger partial charge >= 0.3 is 0 Å². The van der Waals surface area contributed by atoms with E-state index in [1.165, 1.54) is 0 Å². The predicted octanol–water partition coefficient (Wildman–Crippen LogP) is 4.02. The zero-order valence-corrected chi connectivity index (χ0v) is 14.0. The molecule has 2 aromatic carbocycles. The molecule has 22 heavy (non-hydrogen) atoms. The molecule has 0 bridgehead atoms. The van der Waals surface area contributed by atoms with Crippen molar-refractivity contribution in [3.63, 3.8) is 0 Å². The van der Waals surface area contributed by atoms with Gasteiger partial charge in [0.2, 0.25) is 0 Å². The van der Waals surface area contributed by atoms with Gasteiger partial charge in [-0.1, -0.05) is 0 Å². The van der Waals surface area contributed by atoms with Crippen LogP contribution in [0.2, 0.25) is 0 Å². The number of hydrogen-bond acceptors (Lipinski definition) is 4. The average molecular weight is 363 g/mol.